The van der Waals surface area contributed by atoms with E-state index in [0.717, 1.165) is 55.5 Å². The molecule has 2 aliphatic heterocycles. The zero-order valence-corrected chi connectivity index (χ0v) is 15.1. The van der Waals surface area contributed by atoms with Crippen molar-refractivity contribution < 1.29 is 13.2 Å². The van der Waals surface area contributed by atoms with Crippen LogP contribution in [-0.2, 0) is 0 Å². The lowest BCUT2D eigenvalue weighted by molar-refractivity contribution is -0.0587. The summed E-state index contributed by atoms with van der Waals surface area (Å²) in [6, 6.07) is -0.363. The van der Waals surface area contributed by atoms with Crippen LogP contribution in [0.3, 0.4) is 0 Å². The molecule has 9 heteroatoms. The summed E-state index contributed by atoms with van der Waals surface area (Å²) >= 11 is 0. The monoisotopic (exact) mass is 390 g/mol. The summed E-state index contributed by atoms with van der Waals surface area (Å²) < 4.78 is 39.4. The second-order valence-corrected chi connectivity index (χ2v) is 7.15. The number of nitrogens with one attached hydrogen (secondary N) is 2. The van der Waals surface area contributed by atoms with E-state index in [2.05, 4.69) is 20.1 Å². The van der Waals surface area contributed by atoms with Crippen molar-refractivity contribution in [2.45, 2.75) is 37.4 Å². The Kier molecular flexibility index (Phi) is 4.60. The van der Waals surface area contributed by atoms with Gasteiger partial charge in [0.2, 0.25) is 0 Å². The lowest BCUT2D eigenvalue weighted by Crippen LogP contribution is -2.39. The average Bonchev–Trinajstić information content (AvgIpc) is 3.16. The van der Waals surface area contributed by atoms with Crippen LogP contribution in [0.25, 0.3) is 6.08 Å². The molecule has 28 heavy (non-hydrogen) atoms. The van der Waals surface area contributed by atoms with Crippen LogP contribution in [0.1, 0.15) is 36.4 Å². The van der Waals surface area contributed by atoms with Gasteiger partial charge in [-0.05, 0) is 31.4 Å². The van der Waals surface area contributed by atoms with Crippen molar-refractivity contribution in [3.8, 4) is 0 Å². The number of nitrogens with zero attached hydrogens (tertiary/aromatic N) is 3. The molecule has 3 aliphatic rings. The lowest BCUT2D eigenvalue weighted by Gasteiger charge is -2.40. The van der Waals surface area contributed by atoms with Gasteiger partial charge in [-0.2, -0.15) is 18.3 Å². The molecular weight excluding hydrogens is 369 g/mol. The number of likely N-dealkylation sites (tertiary alicyclic amines) is 1. The van der Waals surface area contributed by atoms with E-state index in [-0.39, 0.29) is 17.7 Å². The molecule has 4 N–H and O–H groups in total. The Hall–Kier alpha value is -2.84. The third-order valence-electron chi connectivity index (χ3n) is 5.44. The van der Waals surface area contributed by atoms with Gasteiger partial charge in [-0.1, -0.05) is 6.08 Å². The summed E-state index contributed by atoms with van der Waals surface area (Å²) in [5, 5.41) is 14.6. The molecule has 0 aromatic carbocycles. The molecule has 3 heterocycles. The summed E-state index contributed by atoms with van der Waals surface area (Å²) in [5.41, 5.74) is 6.50. The minimum Gasteiger partial charge on any atom is -0.404 e. The van der Waals surface area contributed by atoms with E-state index in [1.165, 1.54) is 0 Å². The summed E-state index contributed by atoms with van der Waals surface area (Å²) in [4.78, 5) is 6.75. The molecule has 0 spiro atoms. The van der Waals surface area contributed by atoms with Crippen molar-refractivity contribution in [2.24, 2.45) is 10.7 Å². The Balaban J connectivity index is 1.79. The third-order valence-corrected chi connectivity index (χ3v) is 5.44. The normalized spacial score (nSPS) is 25.0. The van der Waals surface area contributed by atoms with Crippen LogP contribution in [0.4, 0.5) is 13.2 Å². The topological polar surface area (TPSA) is 94.2 Å². The number of piperidine rings is 1. The van der Waals surface area contributed by atoms with Crippen LogP contribution in [0.15, 0.2) is 40.8 Å². The van der Waals surface area contributed by atoms with E-state index in [1.807, 2.05) is 12.2 Å². The molecule has 2 atom stereocenters. The van der Waals surface area contributed by atoms with Crippen molar-refractivity contribution in [1.82, 2.24) is 15.1 Å². The molecule has 1 saturated heterocycles. The fourth-order valence-electron chi connectivity index (χ4n) is 4.09. The van der Waals surface area contributed by atoms with Gasteiger partial charge in [0.1, 0.15) is 5.71 Å². The number of rotatable bonds is 3. The number of hydrogen-bond acceptors (Lipinski definition) is 5. The summed E-state index contributed by atoms with van der Waals surface area (Å²) in [6.45, 7) is 1.69. The van der Waals surface area contributed by atoms with Gasteiger partial charge in [0.25, 0.3) is 0 Å². The fourth-order valence-corrected chi connectivity index (χ4v) is 4.09. The second-order valence-electron chi connectivity index (χ2n) is 7.15. The molecule has 4 rings (SSSR count). The molecule has 0 saturated carbocycles. The fraction of sp³-hybridized carbons (Fsp3) is 0.421. The van der Waals surface area contributed by atoms with Crippen molar-refractivity contribution >= 4 is 17.5 Å². The summed E-state index contributed by atoms with van der Waals surface area (Å²) in [7, 11) is 0. The van der Waals surface area contributed by atoms with Crippen LogP contribution in [0.5, 0.6) is 0 Å². The number of aromatic amines is 1. The molecule has 1 aliphatic carbocycles. The number of halogens is 3. The van der Waals surface area contributed by atoms with Crippen molar-refractivity contribution in [3.05, 3.63) is 47.1 Å². The molecule has 148 valence electrons. The minimum absolute atomic E-state index is 0.100. The van der Waals surface area contributed by atoms with Gasteiger partial charge in [-0.25, -0.2) is 0 Å². The number of aromatic nitrogens is 2. The maximum Gasteiger partial charge on any atom is 0.433 e. The summed E-state index contributed by atoms with van der Waals surface area (Å²) in [5.74, 6) is -0.111. The quantitative estimate of drug-likeness (QED) is 0.692. The smallest absolute Gasteiger partial charge is 0.404 e. The van der Waals surface area contributed by atoms with Gasteiger partial charge in [0, 0.05) is 36.1 Å². The molecule has 0 radical (unpaired) electrons. The summed E-state index contributed by atoms with van der Waals surface area (Å²) in [6.07, 6.45) is 6.40. The number of nitrogens with two attached hydrogens (primary N) is 1. The first-order valence-corrected chi connectivity index (χ1v) is 9.24. The molecule has 2 unspecified atom stereocenters. The maximum absolute atomic E-state index is 13.1. The van der Waals surface area contributed by atoms with Crippen LogP contribution >= 0.6 is 0 Å². The van der Waals surface area contributed by atoms with Crippen LogP contribution in [-0.4, -0.2) is 51.8 Å². The number of allylic oxidation sites excluding steroid dienone is 2. The Labute approximate surface area is 160 Å². The Bertz CT molecular complexity index is 899. The van der Waals surface area contributed by atoms with Crippen molar-refractivity contribution in [3.63, 3.8) is 0 Å². The second kappa shape index (κ2) is 6.96. The van der Waals surface area contributed by atoms with E-state index in [0.29, 0.717) is 0 Å². The average molecular weight is 390 g/mol. The third kappa shape index (κ3) is 3.14. The molecule has 1 aromatic rings. The first-order valence-electron chi connectivity index (χ1n) is 9.24. The zero-order chi connectivity index (χ0) is 19.9. The SMILES string of the molecule is N=C(/C(=C\N)C1=NC2C=Cc3[nH]ncc3C2C(N2CCCCC2)=C1)C(F)(F)F. The van der Waals surface area contributed by atoms with Crippen LogP contribution < -0.4 is 5.73 Å². The standard InChI is InChI=1S/C19H21F3N6/c20-19(21,22)18(24)11(9-23)15-8-16(28-6-2-1-3-7-28)17-12-10-25-27-13(12)4-5-14(17)26-15/h4-5,8-10,14,17,24H,1-3,6-7,23H2,(H,25,27)/b11-9-,24-18?. The number of hydrogen-bond donors (Lipinski definition) is 3. The number of fused-ring (bicyclic) bond motifs is 3. The highest BCUT2D eigenvalue weighted by molar-refractivity contribution is 6.29. The number of H-pyrrole nitrogens is 1. The van der Waals surface area contributed by atoms with Gasteiger partial charge in [0.15, 0.2) is 0 Å². The Morgan fingerprint density at radius 1 is 1.29 bits per heavy atom. The first-order chi connectivity index (χ1) is 13.4. The largest absolute Gasteiger partial charge is 0.433 e. The molecular formula is C19H21F3N6. The van der Waals surface area contributed by atoms with E-state index < -0.39 is 17.5 Å². The van der Waals surface area contributed by atoms with E-state index in [4.69, 9.17) is 11.1 Å². The first kappa shape index (κ1) is 18.5. The lowest BCUT2D eigenvalue weighted by atomic mass is 9.81. The number of alkyl halides is 3. The highest BCUT2D eigenvalue weighted by Crippen LogP contribution is 2.41. The maximum atomic E-state index is 13.1. The van der Waals surface area contributed by atoms with Gasteiger partial charge in [-0.3, -0.25) is 15.5 Å². The van der Waals surface area contributed by atoms with E-state index >= 15 is 0 Å². The molecule has 0 amide bonds. The van der Waals surface area contributed by atoms with Crippen LogP contribution in [0, 0.1) is 5.41 Å². The Morgan fingerprint density at radius 3 is 2.71 bits per heavy atom. The van der Waals surface area contributed by atoms with E-state index in [9.17, 15) is 13.2 Å². The predicted molar refractivity (Wildman–Crippen MR) is 101 cm³/mol. The zero-order valence-electron chi connectivity index (χ0n) is 15.1. The number of aliphatic imine (C=N–C) groups is 1. The number of dihydropyridines is 1. The van der Waals surface area contributed by atoms with Crippen LogP contribution in [0.2, 0.25) is 0 Å². The molecule has 1 aromatic heterocycles. The van der Waals surface area contributed by atoms with E-state index in [1.54, 1.807) is 12.3 Å². The van der Waals surface area contributed by atoms with Gasteiger partial charge in [0.05, 0.1) is 29.6 Å². The highest BCUT2D eigenvalue weighted by Gasteiger charge is 2.41. The molecule has 0 bridgehead atoms. The predicted octanol–water partition coefficient (Wildman–Crippen LogP) is 3.14. The van der Waals surface area contributed by atoms with Gasteiger partial charge >= 0.3 is 6.18 Å². The van der Waals surface area contributed by atoms with Crippen molar-refractivity contribution in [2.75, 3.05) is 13.1 Å². The molecule has 1 fully saturated rings. The van der Waals surface area contributed by atoms with Gasteiger partial charge < -0.3 is 10.6 Å². The minimum atomic E-state index is -4.79. The molecule has 6 nitrogen and oxygen atoms in total. The van der Waals surface area contributed by atoms with Crippen molar-refractivity contribution in [1.29, 1.82) is 5.41 Å². The Morgan fingerprint density at radius 2 is 2.04 bits per heavy atom. The van der Waals surface area contributed by atoms with Gasteiger partial charge in [-0.15, -0.1) is 0 Å². The highest BCUT2D eigenvalue weighted by atomic mass is 19.4.